The first-order valence-electron chi connectivity index (χ1n) is 8.89. The van der Waals surface area contributed by atoms with E-state index in [1.54, 1.807) is 26.8 Å². The number of nitrogens with zero attached hydrogens (tertiary/aromatic N) is 1. The second-order valence-corrected chi connectivity index (χ2v) is 9.58. The molecule has 1 aliphatic rings. The number of amides is 1. The molecule has 0 atom stereocenters. The van der Waals surface area contributed by atoms with Crippen LogP contribution in [0.5, 0.6) is 5.06 Å². The molecule has 0 spiro atoms. The number of ether oxygens (including phenoxy) is 1. The van der Waals surface area contributed by atoms with Crippen LogP contribution in [0.3, 0.4) is 0 Å². The van der Waals surface area contributed by atoms with Crippen molar-refractivity contribution in [2.24, 2.45) is 5.41 Å². The molecule has 28 heavy (non-hydrogen) atoms. The Morgan fingerprint density at radius 1 is 1.36 bits per heavy atom. The molecular weight excluding hydrogens is 382 g/mol. The summed E-state index contributed by atoms with van der Waals surface area (Å²) < 4.78 is 31.6. The van der Waals surface area contributed by atoms with Gasteiger partial charge in [0.25, 0.3) is 0 Å². The summed E-state index contributed by atoms with van der Waals surface area (Å²) >= 11 is 0.916. The van der Waals surface area contributed by atoms with E-state index in [0.29, 0.717) is 24.1 Å². The van der Waals surface area contributed by atoms with Gasteiger partial charge in [0, 0.05) is 29.6 Å². The van der Waals surface area contributed by atoms with Crippen molar-refractivity contribution in [3.8, 4) is 11.1 Å². The topological polar surface area (TPSA) is 80.6 Å². The van der Waals surface area contributed by atoms with E-state index < -0.39 is 24.6 Å². The van der Waals surface area contributed by atoms with Gasteiger partial charge >= 0.3 is 13.2 Å². The third-order valence-electron chi connectivity index (χ3n) is 4.07. The molecule has 1 aliphatic heterocycles. The van der Waals surface area contributed by atoms with E-state index in [9.17, 15) is 14.4 Å². The summed E-state index contributed by atoms with van der Waals surface area (Å²) in [5, 5.41) is 12.7. The van der Waals surface area contributed by atoms with E-state index in [1.807, 2.05) is 19.9 Å². The van der Waals surface area contributed by atoms with Gasteiger partial charge in [-0.3, -0.25) is 0 Å². The largest absolute Gasteiger partial charge is 0.494 e. The number of hydrogen-bond donors (Lipinski definition) is 1. The van der Waals surface area contributed by atoms with Crippen LogP contribution in [-0.2, 0) is 9.31 Å². The van der Waals surface area contributed by atoms with Crippen molar-refractivity contribution in [3.63, 3.8) is 0 Å². The fourth-order valence-corrected chi connectivity index (χ4v) is 3.87. The normalized spacial score (nSPS) is 16.7. The number of rotatable bonds is 2. The van der Waals surface area contributed by atoms with Gasteiger partial charge in [-0.2, -0.15) is 5.26 Å². The van der Waals surface area contributed by atoms with Gasteiger partial charge in [0.1, 0.15) is 17.4 Å². The van der Waals surface area contributed by atoms with Crippen LogP contribution in [0, 0.1) is 22.6 Å². The van der Waals surface area contributed by atoms with Crippen LogP contribution in [-0.4, -0.2) is 32.0 Å². The van der Waals surface area contributed by atoms with Crippen molar-refractivity contribution >= 4 is 40.1 Å². The molecule has 0 saturated carbocycles. The van der Waals surface area contributed by atoms with Gasteiger partial charge in [-0.05, 0) is 32.3 Å². The number of benzene rings is 1. The summed E-state index contributed by atoms with van der Waals surface area (Å²) in [4.78, 5) is 12.1. The number of carbonyl (C=O) groups is 1. The minimum atomic E-state index is -0.714. The Hall–Kier alpha value is -2.15. The van der Waals surface area contributed by atoms with Gasteiger partial charge in [0.15, 0.2) is 0 Å². The predicted molar refractivity (Wildman–Crippen MR) is 106 cm³/mol. The fourth-order valence-electron chi connectivity index (χ4n) is 2.83. The number of hydrogen-bond acceptors (Lipinski definition) is 6. The molecule has 1 amide bonds. The molecule has 6 nitrogen and oxygen atoms in total. The quantitative estimate of drug-likeness (QED) is 0.775. The molecule has 9 heteroatoms. The van der Waals surface area contributed by atoms with Crippen molar-refractivity contribution in [2.45, 2.75) is 40.2 Å². The van der Waals surface area contributed by atoms with Crippen LogP contribution in [0.1, 0.15) is 40.2 Å². The van der Waals surface area contributed by atoms with E-state index >= 15 is 0 Å². The van der Waals surface area contributed by atoms with Crippen molar-refractivity contribution in [3.05, 3.63) is 23.5 Å². The molecule has 0 radical (unpaired) electrons. The molecule has 1 fully saturated rings. The minimum absolute atomic E-state index is 0.0433. The minimum Gasteiger partial charge on any atom is -0.407 e. The molecule has 1 aromatic heterocycles. The molecule has 0 unspecified atom stereocenters. The maximum absolute atomic E-state index is 14.5. The second kappa shape index (κ2) is 7.35. The zero-order valence-electron chi connectivity index (χ0n) is 16.5. The number of fused-ring (bicyclic) bond motifs is 1. The summed E-state index contributed by atoms with van der Waals surface area (Å²) in [6.45, 7) is 10.4. The fraction of sp³-hybridized carbons (Fsp3) is 0.474. The lowest BCUT2D eigenvalue weighted by atomic mass is 9.73. The molecule has 1 N–H and O–H groups in total. The number of thiophene rings is 1. The smallest absolute Gasteiger partial charge is 0.407 e. The van der Waals surface area contributed by atoms with Crippen molar-refractivity contribution in [1.29, 1.82) is 5.26 Å². The van der Waals surface area contributed by atoms with E-state index in [-0.39, 0.29) is 20.7 Å². The van der Waals surface area contributed by atoms with Gasteiger partial charge < -0.3 is 19.4 Å². The Kier molecular flexibility index (Phi) is 5.41. The lowest BCUT2D eigenvalue weighted by molar-refractivity contribution is 0.0344. The number of nitriles is 1. The third kappa shape index (κ3) is 4.30. The zero-order chi connectivity index (χ0) is 20.7. The van der Waals surface area contributed by atoms with Crippen LogP contribution >= 0.6 is 11.3 Å². The molecule has 1 aromatic carbocycles. The Morgan fingerprint density at radius 3 is 2.57 bits per heavy atom. The number of halogens is 1. The first-order chi connectivity index (χ1) is 13.0. The third-order valence-corrected chi connectivity index (χ3v) is 5.15. The van der Waals surface area contributed by atoms with E-state index in [0.717, 1.165) is 11.3 Å². The van der Waals surface area contributed by atoms with Gasteiger partial charge in [-0.25, -0.2) is 9.18 Å². The van der Waals surface area contributed by atoms with Gasteiger partial charge in [-0.1, -0.05) is 31.3 Å². The van der Waals surface area contributed by atoms with Crippen LogP contribution in [0.4, 0.5) is 9.18 Å². The van der Waals surface area contributed by atoms with Crippen molar-refractivity contribution in [1.82, 2.24) is 5.32 Å². The zero-order valence-corrected chi connectivity index (χ0v) is 17.3. The lowest BCUT2D eigenvalue weighted by Crippen LogP contribution is -2.47. The Bertz CT molecular complexity index is 951. The maximum atomic E-state index is 14.5. The predicted octanol–water partition coefficient (Wildman–Crippen LogP) is 3.57. The Morgan fingerprint density at radius 2 is 2.00 bits per heavy atom. The summed E-state index contributed by atoms with van der Waals surface area (Å²) in [7, 11) is -0.714. The van der Waals surface area contributed by atoms with Gasteiger partial charge in [0.2, 0.25) is 5.06 Å². The highest BCUT2D eigenvalue weighted by Gasteiger charge is 2.36. The molecule has 0 aliphatic carbocycles. The lowest BCUT2D eigenvalue weighted by Gasteiger charge is -2.33. The highest BCUT2D eigenvalue weighted by molar-refractivity contribution is 7.21. The number of nitrogens with one attached hydrogen (secondary N) is 1. The summed E-state index contributed by atoms with van der Waals surface area (Å²) in [5.74, 6) is -0.498. The SMILES string of the molecule is CC1(C)COB(c2ccc(F)c3sc(OC(=O)NC(C)(C)C)c(C#N)c23)OC1. The molecule has 1 saturated heterocycles. The summed E-state index contributed by atoms with van der Waals surface area (Å²) in [6, 6.07) is 4.89. The maximum Gasteiger partial charge on any atom is 0.494 e. The van der Waals surface area contributed by atoms with Gasteiger partial charge in [0.05, 0.1) is 4.70 Å². The van der Waals surface area contributed by atoms with Crippen LogP contribution in [0.15, 0.2) is 12.1 Å². The summed E-state index contributed by atoms with van der Waals surface area (Å²) in [6.07, 6.45) is -0.704. The molecule has 148 valence electrons. The second-order valence-electron chi connectivity index (χ2n) is 8.60. The monoisotopic (exact) mass is 404 g/mol. The summed E-state index contributed by atoms with van der Waals surface area (Å²) in [5.41, 5.74) is 0.0104. The van der Waals surface area contributed by atoms with Crippen LogP contribution in [0.2, 0.25) is 0 Å². The molecular formula is C19H22BFN2O4S. The molecule has 2 heterocycles. The Labute approximate surface area is 167 Å². The highest BCUT2D eigenvalue weighted by Crippen LogP contribution is 2.38. The standard InChI is InChI=1S/C19H22BFN2O4S/c1-18(2,3)23-17(24)27-16-11(8-22)14-12(6-7-13(21)15(14)28-16)20-25-9-19(4,5)10-26-20/h6-7H,9-10H2,1-5H3,(H,23,24). The van der Waals surface area contributed by atoms with E-state index in [4.69, 9.17) is 14.0 Å². The average Bonchev–Trinajstić information content (AvgIpc) is 2.93. The van der Waals surface area contributed by atoms with Crippen LogP contribution in [0.25, 0.3) is 10.1 Å². The number of carbonyl (C=O) groups excluding carboxylic acids is 1. The van der Waals surface area contributed by atoms with Crippen molar-refractivity contribution in [2.75, 3.05) is 13.2 Å². The van der Waals surface area contributed by atoms with Crippen molar-refractivity contribution < 1.29 is 23.2 Å². The first-order valence-corrected chi connectivity index (χ1v) is 9.70. The highest BCUT2D eigenvalue weighted by atomic mass is 32.1. The van der Waals surface area contributed by atoms with Gasteiger partial charge in [-0.15, -0.1) is 0 Å². The average molecular weight is 404 g/mol. The van der Waals surface area contributed by atoms with Crippen LogP contribution < -0.4 is 15.5 Å². The molecule has 2 aromatic rings. The van der Waals surface area contributed by atoms with E-state index in [1.165, 1.54) is 6.07 Å². The first kappa shape index (κ1) is 20.6. The molecule has 3 rings (SSSR count). The Balaban J connectivity index is 2.01. The van der Waals surface area contributed by atoms with E-state index in [2.05, 4.69) is 5.32 Å². The molecule has 0 bridgehead atoms.